The van der Waals surface area contributed by atoms with E-state index < -0.39 is 0 Å². The normalized spacial score (nSPS) is 15.6. The number of pyridine rings is 2. The van der Waals surface area contributed by atoms with E-state index in [1.807, 2.05) is 12.3 Å². The van der Waals surface area contributed by atoms with E-state index in [9.17, 15) is 0 Å². The van der Waals surface area contributed by atoms with Gasteiger partial charge in [-0.1, -0.05) is 13.8 Å². The molecule has 1 fully saturated rings. The fourth-order valence-corrected chi connectivity index (χ4v) is 4.79. The Hall–Kier alpha value is -3.44. The first kappa shape index (κ1) is 20.5. The first-order valence-electron chi connectivity index (χ1n) is 11.1. The molecule has 8 nitrogen and oxygen atoms in total. The highest BCUT2D eigenvalue weighted by Crippen LogP contribution is 2.37. The fourth-order valence-electron chi connectivity index (χ4n) is 4.79. The minimum atomic E-state index is 0.288. The van der Waals surface area contributed by atoms with Crippen LogP contribution in [0.4, 0.5) is 0 Å². The zero-order valence-corrected chi connectivity index (χ0v) is 18.7. The summed E-state index contributed by atoms with van der Waals surface area (Å²) in [5.74, 6) is 1.40. The Kier molecular flexibility index (Phi) is 5.27. The summed E-state index contributed by atoms with van der Waals surface area (Å²) in [6.45, 7) is 6.81. The van der Waals surface area contributed by atoms with Crippen LogP contribution in [0.25, 0.3) is 27.9 Å². The van der Waals surface area contributed by atoms with Crippen LogP contribution in [-0.4, -0.2) is 56.2 Å². The molecule has 4 aromatic heterocycles. The van der Waals surface area contributed by atoms with E-state index in [4.69, 9.17) is 15.0 Å². The van der Waals surface area contributed by atoms with Crippen molar-refractivity contribution >= 4 is 16.7 Å². The molecule has 0 radical (unpaired) electrons. The Bertz CT molecular complexity index is 1310. The highest BCUT2D eigenvalue weighted by Gasteiger charge is 2.24. The van der Waals surface area contributed by atoms with Gasteiger partial charge in [0.2, 0.25) is 0 Å². The lowest BCUT2D eigenvalue weighted by Gasteiger charge is -2.29. The van der Waals surface area contributed by atoms with Crippen LogP contribution in [0.1, 0.15) is 49.8 Å². The molecule has 5 rings (SSSR count). The number of methoxy groups -OCH3 is 1. The molecule has 0 aliphatic carbocycles. The smallest absolute Gasteiger partial charge is 0.197 e. The largest absolute Gasteiger partial charge is 0.493 e. The van der Waals surface area contributed by atoms with Gasteiger partial charge in [0, 0.05) is 28.9 Å². The fraction of sp³-hybridized carbons (Fsp3) is 0.417. The van der Waals surface area contributed by atoms with Crippen molar-refractivity contribution in [3.63, 3.8) is 0 Å². The third-order valence-corrected chi connectivity index (χ3v) is 6.43. The molecule has 0 amide bonds. The summed E-state index contributed by atoms with van der Waals surface area (Å²) in [7, 11) is 1.65. The highest BCUT2D eigenvalue weighted by atomic mass is 16.5. The maximum Gasteiger partial charge on any atom is 0.197 e. The van der Waals surface area contributed by atoms with Crippen molar-refractivity contribution in [2.45, 2.75) is 38.5 Å². The minimum absolute atomic E-state index is 0.288. The third kappa shape index (κ3) is 3.49. The number of piperidine rings is 1. The molecule has 1 saturated heterocycles. The average molecular weight is 430 g/mol. The Morgan fingerprint density at radius 1 is 1.28 bits per heavy atom. The van der Waals surface area contributed by atoms with Gasteiger partial charge < -0.3 is 9.72 Å². The lowest BCUT2D eigenvalue weighted by atomic mass is 9.92. The Morgan fingerprint density at radius 3 is 2.81 bits per heavy atom. The molecule has 4 aromatic rings. The number of aromatic amines is 1. The summed E-state index contributed by atoms with van der Waals surface area (Å²) >= 11 is 0. The van der Waals surface area contributed by atoms with Crippen molar-refractivity contribution in [3.8, 4) is 23.1 Å². The first-order chi connectivity index (χ1) is 15.6. The van der Waals surface area contributed by atoms with Gasteiger partial charge in [-0.2, -0.15) is 10.4 Å². The molecule has 0 spiro atoms. The number of fused-ring (bicyclic) bond motifs is 2. The second-order valence-corrected chi connectivity index (χ2v) is 8.73. The van der Waals surface area contributed by atoms with Crippen LogP contribution in [0, 0.1) is 11.3 Å². The zero-order chi connectivity index (χ0) is 22.2. The van der Waals surface area contributed by atoms with Crippen LogP contribution in [0.3, 0.4) is 0 Å². The third-order valence-electron chi connectivity index (χ3n) is 6.43. The number of likely N-dealkylation sites (tertiary alicyclic amines) is 1. The number of ether oxygens (including phenoxy) is 1. The highest BCUT2D eigenvalue weighted by molar-refractivity contribution is 5.89. The maximum absolute atomic E-state index is 8.95. The molecule has 0 saturated carbocycles. The molecule has 0 bridgehead atoms. The molecule has 0 atom stereocenters. The van der Waals surface area contributed by atoms with E-state index >= 15 is 0 Å². The van der Waals surface area contributed by atoms with Gasteiger partial charge in [-0.3, -0.25) is 9.88 Å². The van der Waals surface area contributed by atoms with Gasteiger partial charge in [0.15, 0.2) is 11.4 Å². The maximum atomic E-state index is 8.95. The Labute approximate surface area is 186 Å². The molecule has 1 N–H and O–H groups in total. The molecule has 32 heavy (non-hydrogen) atoms. The van der Waals surface area contributed by atoms with Crippen LogP contribution in [0.15, 0.2) is 30.7 Å². The van der Waals surface area contributed by atoms with E-state index in [1.165, 1.54) is 11.9 Å². The summed E-state index contributed by atoms with van der Waals surface area (Å²) in [6, 6.07) is 8.57. The van der Waals surface area contributed by atoms with Crippen LogP contribution in [0.5, 0.6) is 5.75 Å². The van der Waals surface area contributed by atoms with Crippen molar-refractivity contribution in [2.75, 3.05) is 26.7 Å². The minimum Gasteiger partial charge on any atom is -0.493 e. The molecular weight excluding hydrogens is 402 g/mol. The van der Waals surface area contributed by atoms with Crippen molar-refractivity contribution in [2.24, 2.45) is 0 Å². The van der Waals surface area contributed by atoms with Crippen LogP contribution in [-0.2, 0) is 0 Å². The lowest BCUT2D eigenvalue weighted by molar-refractivity contribution is 0.233. The van der Waals surface area contributed by atoms with Gasteiger partial charge in [0.25, 0.3) is 0 Å². The van der Waals surface area contributed by atoms with Gasteiger partial charge in [0.1, 0.15) is 6.33 Å². The zero-order valence-electron chi connectivity index (χ0n) is 18.7. The molecule has 0 aromatic carbocycles. The van der Waals surface area contributed by atoms with Crippen LogP contribution < -0.4 is 4.74 Å². The second kappa shape index (κ2) is 8.24. The molecule has 164 valence electrons. The summed E-state index contributed by atoms with van der Waals surface area (Å²) in [4.78, 5) is 15.3. The van der Waals surface area contributed by atoms with Gasteiger partial charge in [-0.05, 0) is 50.0 Å². The van der Waals surface area contributed by atoms with Gasteiger partial charge in [-0.25, -0.2) is 9.50 Å². The van der Waals surface area contributed by atoms with E-state index in [0.717, 1.165) is 53.9 Å². The molecule has 0 unspecified atom stereocenters. The quantitative estimate of drug-likeness (QED) is 0.480. The molecular formula is C24H27N7O. The summed E-state index contributed by atoms with van der Waals surface area (Å²) in [6.07, 6.45) is 5.59. The molecule has 5 heterocycles. The molecule has 8 heteroatoms. The summed E-state index contributed by atoms with van der Waals surface area (Å²) < 4.78 is 7.32. The van der Waals surface area contributed by atoms with E-state index in [2.05, 4.69) is 52.0 Å². The van der Waals surface area contributed by atoms with Gasteiger partial charge >= 0.3 is 0 Å². The number of aromatic nitrogens is 5. The number of nitriles is 1. The number of rotatable bonds is 5. The topological polar surface area (TPSA) is 95.1 Å². The van der Waals surface area contributed by atoms with Gasteiger partial charge in [0.05, 0.1) is 36.5 Å². The number of nitrogens with one attached hydrogen (secondary N) is 1. The number of hydrogen-bond acceptors (Lipinski definition) is 6. The van der Waals surface area contributed by atoms with Crippen molar-refractivity contribution in [3.05, 3.63) is 42.0 Å². The first-order valence-corrected chi connectivity index (χ1v) is 11.1. The van der Waals surface area contributed by atoms with Gasteiger partial charge in [-0.15, -0.1) is 0 Å². The Morgan fingerprint density at radius 2 is 2.09 bits per heavy atom. The van der Waals surface area contributed by atoms with E-state index in [1.54, 1.807) is 11.6 Å². The van der Waals surface area contributed by atoms with Crippen molar-refractivity contribution < 1.29 is 4.74 Å². The summed E-state index contributed by atoms with van der Waals surface area (Å²) in [5, 5.41) is 13.3. The van der Waals surface area contributed by atoms with Crippen LogP contribution >= 0.6 is 0 Å². The number of hydrogen-bond donors (Lipinski definition) is 1. The molecule has 1 aliphatic rings. The SMILES string of the molecule is COc1cc(-c2[nH]c3ccc(C4CCN(CC#N)CC4)nc3c2C(C)C)cn2ncnc12. The van der Waals surface area contributed by atoms with Crippen molar-refractivity contribution in [1.82, 2.24) is 29.5 Å². The average Bonchev–Trinajstić information content (AvgIpc) is 3.43. The standard InChI is InChI=1S/C24H27N7O/c1-15(2)21-22(17-12-20(32-3)24-26-14-27-31(24)13-17)29-19-5-4-18(28-23(19)21)16-6-9-30(10-7-16)11-8-25/h4-5,12-16,29H,6-7,9-11H2,1-3H3. The number of nitrogens with zero attached hydrogens (tertiary/aromatic N) is 6. The predicted molar refractivity (Wildman–Crippen MR) is 123 cm³/mol. The lowest BCUT2D eigenvalue weighted by Crippen LogP contribution is -2.33. The Balaban J connectivity index is 1.57. The monoisotopic (exact) mass is 429 g/mol. The van der Waals surface area contributed by atoms with Crippen LogP contribution in [0.2, 0.25) is 0 Å². The second-order valence-electron chi connectivity index (χ2n) is 8.73. The van der Waals surface area contributed by atoms with Crippen molar-refractivity contribution in [1.29, 1.82) is 5.26 Å². The summed E-state index contributed by atoms with van der Waals surface area (Å²) in [5.41, 5.74) is 7.14. The predicted octanol–water partition coefficient (Wildman–Crippen LogP) is 4.11. The number of H-pyrrole nitrogens is 1. The van der Waals surface area contributed by atoms with E-state index in [-0.39, 0.29) is 5.92 Å². The van der Waals surface area contributed by atoms with E-state index in [0.29, 0.717) is 23.9 Å². The molecule has 1 aliphatic heterocycles.